The molecule has 2 heterocycles. The maximum absolute atomic E-state index is 5.26. The molecule has 1 saturated carbocycles. The van der Waals surface area contributed by atoms with E-state index in [1.807, 2.05) is 0 Å². The van der Waals surface area contributed by atoms with Gasteiger partial charge in [0.15, 0.2) is 0 Å². The zero-order valence-corrected chi connectivity index (χ0v) is 9.62. The molecule has 2 aromatic heterocycles. The minimum Gasteiger partial charge on any atom is -0.425 e. The van der Waals surface area contributed by atoms with Gasteiger partial charge in [-0.15, -0.1) is 15.3 Å². The van der Waals surface area contributed by atoms with Crippen LogP contribution < -0.4 is 0 Å². The third-order valence-corrected chi connectivity index (χ3v) is 3.17. The van der Waals surface area contributed by atoms with Crippen molar-refractivity contribution in [3.8, 4) is 0 Å². The number of nitrogens with zero attached hydrogens (tertiary/aromatic N) is 4. The van der Waals surface area contributed by atoms with E-state index in [0.717, 1.165) is 11.0 Å². The standard InChI is InChI=1S/C9H11N5OS/c1-5-11-12-7(15-5)4-16-9-10-8(13-14-9)6-2-3-6/h6H,2-4H2,1H3,(H,10,13,14). The van der Waals surface area contributed by atoms with Gasteiger partial charge in [0.05, 0.1) is 5.75 Å². The Labute approximate surface area is 96.2 Å². The number of aromatic nitrogens is 5. The molecule has 2 aromatic rings. The first kappa shape index (κ1) is 9.83. The van der Waals surface area contributed by atoms with Crippen LogP contribution in [0, 0.1) is 6.92 Å². The molecule has 84 valence electrons. The molecule has 1 fully saturated rings. The largest absolute Gasteiger partial charge is 0.425 e. The van der Waals surface area contributed by atoms with Gasteiger partial charge in [-0.25, -0.2) is 4.98 Å². The molecule has 0 radical (unpaired) electrons. The molecule has 7 heteroatoms. The van der Waals surface area contributed by atoms with E-state index in [0.29, 0.717) is 23.5 Å². The molecular weight excluding hydrogens is 226 g/mol. The highest BCUT2D eigenvalue weighted by Crippen LogP contribution is 2.38. The highest BCUT2D eigenvalue weighted by molar-refractivity contribution is 7.98. The van der Waals surface area contributed by atoms with Crippen LogP contribution in [0.3, 0.4) is 0 Å². The van der Waals surface area contributed by atoms with E-state index in [1.54, 1.807) is 6.92 Å². The maximum atomic E-state index is 5.26. The summed E-state index contributed by atoms with van der Waals surface area (Å²) in [6, 6.07) is 0. The smallest absolute Gasteiger partial charge is 0.226 e. The third kappa shape index (κ3) is 2.08. The second-order valence-corrected chi connectivity index (χ2v) is 4.72. The predicted molar refractivity (Wildman–Crippen MR) is 57.0 cm³/mol. The normalized spacial score (nSPS) is 15.6. The maximum Gasteiger partial charge on any atom is 0.226 e. The highest BCUT2D eigenvalue weighted by Gasteiger charge is 2.27. The van der Waals surface area contributed by atoms with E-state index in [2.05, 4.69) is 25.4 Å². The van der Waals surface area contributed by atoms with Crippen molar-refractivity contribution in [2.24, 2.45) is 0 Å². The van der Waals surface area contributed by atoms with Gasteiger partial charge in [-0.05, 0) is 12.8 Å². The van der Waals surface area contributed by atoms with Gasteiger partial charge in [0, 0.05) is 12.8 Å². The molecule has 1 aliphatic carbocycles. The summed E-state index contributed by atoms with van der Waals surface area (Å²) in [5.41, 5.74) is 0. The summed E-state index contributed by atoms with van der Waals surface area (Å²) in [4.78, 5) is 4.40. The van der Waals surface area contributed by atoms with E-state index in [-0.39, 0.29) is 0 Å². The Hall–Kier alpha value is -1.37. The first-order valence-corrected chi connectivity index (χ1v) is 6.14. The van der Waals surface area contributed by atoms with Crippen LogP contribution in [0.1, 0.15) is 36.4 Å². The monoisotopic (exact) mass is 237 g/mol. The number of aromatic amines is 1. The number of hydrogen-bond donors (Lipinski definition) is 1. The van der Waals surface area contributed by atoms with Gasteiger partial charge in [-0.2, -0.15) is 0 Å². The molecule has 0 atom stereocenters. The Kier molecular flexibility index (Phi) is 2.39. The fourth-order valence-electron chi connectivity index (χ4n) is 1.38. The van der Waals surface area contributed by atoms with E-state index in [1.165, 1.54) is 24.6 Å². The number of rotatable bonds is 4. The average molecular weight is 237 g/mol. The minimum absolute atomic E-state index is 0.587. The molecule has 1 N–H and O–H groups in total. The van der Waals surface area contributed by atoms with Gasteiger partial charge in [0.25, 0.3) is 0 Å². The van der Waals surface area contributed by atoms with Crippen molar-refractivity contribution in [2.75, 3.05) is 0 Å². The van der Waals surface area contributed by atoms with Crippen molar-refractivity contribution in [1.82, 2.24) is 25.4 Å². The fraction of sp³-hybridized carbons (Fsp3) is 0.556. The number of thioether (sulfide) groups is 1. The molecule has 16 heavy (non-hydrogen) atoms. The second kappa shape index (κ2) is 3.89. The summed E-state index contributed by atoms with van der Waals surface area (Å²) in [6.45, 7) is 1.78. The predicted octanol–water partition coefficient (Wildman–Crippen LogP) is 1.67. The van der Waals surface area contributed by atoms with Crippen molar-refractivity contribution >= 4 is 11.8 Å². The van der Waals surface area contributed by atoms with Crippen molar-refractivity contribution < 1.29 is 4.42 Å². The van der Waals surface area contributed by atoms with E-state index >= 15 is 0 Å². The zero-order chi connectivity index (χ0) is 11.0. The number of hydrogen-bond acceptors (Lipinski definition) is 6. The highest BCUT2D eigenvalue weighted by atomic mass is 32.2. The zero-order valence-electron chi connectivity index (χ0n) is 8.80. The van der Waals surface area contributed by atoms with Crippen molar-refractivity contribution in [3.63, 3.8) is 0 Å². The quantitative estimate of drug-likeness (QED) is 0.814. The Bertz CT molecular complexity index is 490. The average Bonchev–Trinajstić information content (AvgIpc) is 2.87. The lowest BCUT2D eigenvalue weighted by atomic mass is 10.4. The van der Waals surface area contributed by atoms with Gasteiger partial charge in [-0.1, -0.05) is 11.8 Å². The first-order chi connectivity index (χ1) is 7.81. The number of H-pyrrole nitrogens is 1. The molecule has 0 unspecified atom stereocenters. The molecule has 3 rings (SSSR count). The van der Waals surface area contributed by atoms with E-state index < -0.39 is 0 Å². The van der Waals surface area contributed by atoms with Crippen LogP contribution in [0.4, 0.5) is 0 Å². The SMILES string of the molecule is Cc1nnc(CSc2n[nH]c(C3CC3)n2)o1. The van der Waals surface area contributed by atoms with Gasteiger partial charge in [0.1, 0.15) is 5.82 Å². The van der Waals surface area contributed by atoms with Crippen LogP contribution in [0.25, 0.3) is 0 Å². The van der Waals surface area contributed by atoms with Crippen molar-refractivity contribution in [1.29, 1.82) is 0 Å². The Morgan fingerprint density at radius 1 is 1.44 bits per heavy atom. The van der Waals surface area contributed by atoms with E-state index in [9.17, 15) is 0 Å². The Morgan fingerprint density at radius 2 is 2.31 bits per heavy atom. The van der Waals surface area contributed by atoms with Crippen LogP contribution in [0.2, 0.25) is 0 Å². The lowest BCUT2D eigenvalue weighted by molar-refractivity contribution is 0.485. The first-order valence-electron chi connectivity index (χ1n) is 5.15. The summed E-state index contributed by atoms with van der Waals surface area (Å²) in [7, 11) is 0. The minimum atomic E-state index is 0.587. The van der Waals surface area contributed by atoms with Gasteiger partial charge in [0.2, 0.25) is 16.9 Å². The summed E-state index contributed by atoms with van der Waals surface area (Å²) in [6.07, 6.45) is 2.45. The summed E-state index contributed by atoms with van der Waals surface area (Å²) in [5, 5.41) is 15.5. The topological polar surface area (TPSA) is 80.5 Å². The lowest BCUT2D eigenvalue weighted by Crippen LogP contribution is -1.83. The van der Waals surface area contributed by atoms with Crippen LogP contribution in [-0.2, 0) is 5.75 Å². The van der Waals surface area contributed by atoms with Crippen LogP contribution >= 0.6 is 11.8 Å². The molecule has 0 aromatic carbocycles. The molecule has 0 aliphatic heterocycles. The number of nitrogens with one attached hydrogen (secondary N) is 1. The molecule has 1 aliphatic rings. The Balaban J connectivity index is 1.61. The van der Waals surface area contributed by atoms with Gasteiger partial charge in [-0.3, -0.25) is 5.10 Å². The molecular formula is C9H11N5OS. The van der Waals surface area contributed by atoms with Gasteiger partial charge >= 0.3 is 0 Å². The second-order valence-electron chi connectivity index (χ2n) is 3.78. The van der Waals surface area contributed by atoms with E-state index in [4.69, 9.17) is 4.42 Å². The van der Waals surface area contributed by atoms with Crippen molar-refractivity contribution in [2.45, 2.75) is 36.6 Å². The van der Waals surface area contributed by atoms with Crippen molar-refractivity contribution in [3.05, 3.63) is 17.6 Å². The van der Waals surface area contributed by atoms with Crippen LogP contribution in [-0.4, -0.2) is 25.4 Å². The number of aryl methyl sites for hydroxylation is 1. The summed E-state index contributed by atoms with van der Waals surface area (Å²) >= 11 is 1.50. The summed E-state index contributed by atoms with van der Waals surface area (Å²) < 4.78 is 5.26. The lowest BCUT2D eigenvalue weighted by Gasteiger charge is -1.89. The Morgan fingerprint density at radius 3 is 3.00 bits per heavy atom. The molecule has 0 amide bonds. The molecule has 0 bridgehead atoms. The molecule has 0 spiro atoms. The molecule has 6 nitrogen and oxygen atoms in total. The third-order valence-electron chi connectivity index (χ3n) is 2.34. The summed E-state index contributed by atoms with van der Waals surface area (Å²) in [5.74, 6) is 3.42. The van der Waals surface area contributed by atoms with Gasteiger partial charge < -0.3 is 4.42 Å². The molecule has 0 saturated heterocycles. The van der Waals surface area contributed by atoms with Crippen LogP contribution in [0.5, 0.6) is 0 Å². The van der Waals surface area contributed by atoms with Crippen LogP contribution in [0.15, 0.2) is 9.57 Å². The fourth-order valence-corrected chi connectivity index (χ4v) is 2.03.